The van der Waals surface area contributed by atoms with Gasteiger partial charge in [-0.3, -0.25) is 4.79 Å². The summed E-state index contributed by atoms with van der Waals surface area (Å²) in [5.41, 5.74) is 0.704. The zero-order valence-electron chi connectivity index (χ0n) is 8.67. The van der Waals surface area contributed by atoms with E-state index in [0.29, 0.717) is 10.6 Å². The first-order valence-electron chi connectivity index (χ1n) is 5.13. The number of benzene rings is 1. The third-order valence-electron chi connectivity index (χ3n) is 2.56. The molecule has 0 aliphatic carbocycles. The molecule has 2 rings (SSSR count). The van der Waals surface area contributed by atoms with Crippen LogP contribution in [0, 0.1) is 3.57 Å². The number of rotatable bonds is 1. The molecular formula is C11H12ClIN2O. The Morgan fingerprint density at radius 3 is 2.75 bits per heavy atom. The molecule has 16 heavy (non-hydrogen) atoms. The van der Waals surface area contributed by atoms with Crippen LogP contribution in [0.2, 0.25) is 5.02 Å². The van der Waals surface area contributed by atoms with E-state index in [0.717, 1.165) is 29.7 Å². The van der Waals surface area contributed by atoms with Gasteiger partial charge in [-0.2, -0.15) is 0 Å². The van der Waals surface area contributed by atoms with E-state index in [4.69, 9.17) is 11.6 Å². The van der Waals surface area contributed by atoms with Gasteiger partial charge in [-0.1, -0.05) is 11.6 Å². The molecule has 1 N–H and O–H groups in total. The maximum atomic E-state index is 12.2. The van der Waals surface area contributed by atoms with E-state index < -0.39 is 0 Å². The van der Waals surface area contributed by atoms with Crippen LogP contribution in [0.1, 0.15) is 10.4 Å². The molecule has 0 spiro atoms. The summed E-state index contributed by atoms with van der Waals surface area (Å²) < 4.78 is 0.950. The minimum atomic E-state index is 0.0772. The molecule has 1 saturated heterocycles. The molecule has 86 valence electrons. The van der Waals surface area contributed by atoms with Gasteiger partial charge in [0.15, 0.2) is 0 Å². The molecule has 0 radical (unpaired) electrons. The average Bonchev–Trinajstić information content (AvgIpc) is 2.32. The van der Waals surface area contributed by atoms with Gasteiger partial charge in [-0.15, -0.1) is 0 Å². The Morgan fingerprint density at radius 1 is 1.38 bits per heavy atom. The molecule has 1 fully saturated rings. The zero-order valence-corrected chi connectivity index (χ0v) is 11.6. The van der Waals surface area contributed by atoms with E-state index in [1.54, 1.807) is 12.1 Å². The summed E-state index contributed by atoms with van der Waals surface area (Å²) in [4.78, 5) is 14.1. The monoisotopic (exact) mass is 350 g/mol. The van der Waals surface area contributed by atoms with E-state index in [1.165, 1.54) is 0 Å². The van der Waals surface area contributed by atoms with Crippen LogP contribution < -0.4 is 5.32 Å². The van der Waals surface area contributed by atoms with Crippen LogP contribution >= 0.6 is 34.2 Å². The van der Waals surface area contributed by atoms with Crippen molar-refractivity contribution in [3.63, 3.8) is 0 Å². The van der Waals surface area contributed by atoms with Gasteiger partial charge in [0, 0.05) is 34.8 Å². The average molecular weight is 351 g/mol. The standard InChI is InChI=1S/C11H12ClIN2O/c12-8-1-2-10(13)9(7-8)11(16)15-5-3-14-4-6-15/h1-2,7,14H,3-6H2. The van der Waals surface area contributed by atoms with Crippen LogP contribution in [0.25, 0.3) is 0 Å². The lowest BCUT2D eigenvalue weighted by molar-refractivity contribution is 0.0735. The Bertz CT molecular complexity index is 405. The highest BCUT2D eigenvalue weighted by Gasteiger charge is 2.19. The highest BCUT2D eigenvalue weighted by molar-refractivity contribution is 14.1. The molecule has 1 amide bonds. The number of carbonyl (C=O) groups is 1. The lowest BCUT2D eigenvalue weighted by Gasteiger charge is -2.27. The minimum Gasteiger partial charge on any atom is -0.336 e. The molecule has 1 aromatic carbocycles. The summed E-state index contributed by atoms with van der Waals surface area (Å²) in [5, 5.41) is 3.84. The molecule has 5 heteroatoms. The van der Waals surface area contributed by atoms with Crippen molar-refractivity contribution < 1.29 is 4.79 Å². The largest absolute Gasteiger partial charge is 0.336 e. The summed E-state index contributed by atoms with van der Waals surface area (Å²) in [6, 6.07) is 5.42. The maximum Gasteiger partial charge on any atom is 0.255 e. The fourth-order valence-corrected chi connectivity index (χ4v) is 2.44. The van der Waals surface area contributed by atoms with E-state index in [9.17, 15) is 4.79 Å². The van der Waals surface area contributed by atoms with Crippen LogP contribution in [0.5, 0.6) is 0 Å². The van der Waals surface area contributed by atoms with Gasteiger partial charge in [0.25, 0.3) is 5.91 Å². The molecule has 0 saturated carbocycles. The molecule has 0 bridgehead atoms. The fraction of sp³-hybridized carbons (Fsp3) is 0.364. The number of nitrogens with one attached hydrogen (secondary N) is 1. The van der Waals surface area contributed by atoms with Crippen molar-refractivity contribution in [3.05, 3.63) is 32.4 Å². The van der Waals surface area contributed by atoms with Gasteiger partial charge in [0.1, 0.15) is 0 Å². The van der Waals surface area contributed by atoms with Crippen LogP contribution in [-0.4, -0.2) is 37.0 Å². The Balaban J connectivity index is 2.22. The summed E-state index contributed by atoms with van der Waals surface area (Å²) >= 11 is 8.08. The molecule has 0 unspecified atom stereocenters. The third kappa shape index (κ3) is 2.67. The van der Waals surface area contributed by atoms with Gasteiger partial charge < -0.3 is 10.2 Å². The lowest BCUT2D eigenvalue weighted by Crippen LogP contribution is -2.46. The van der Waals surface area contributed by atoms with Crippen molar-refractivity contribution in [2.24, 2.45) is 0 Å². The zero-order chi connectivity index (χ0) is 11.5. The number of hydrogen-bond acceptors (Lipinski definition) is 2. The van der Waals surface area contributed by atoms with E-state index >= 15 is 0 Å². The second-order valence-corrected chi connectivity index (χ2v) is 5.26. The number of halogens is 2. The molecular weight excluding hydrogens is 338 g/mol. The molecule has 3 nitrogen and oxygen atoms in total. The Morgan fingerprint density at radius 2 is 2.06 bits per heavy atom. The number of nitrogens with zero attached hydrogens (tertiary/aromatic N) is 1. The highest BCUT2D eigenvalue weighted by Crippen LogP contribution is 2.19. The molecule has 1 heterocycles. The fourth-order valence-electron chi connectivity index (χ4n) is 1.70. The van der Waals surface area contributed by atoms with Gasteiger partial charge in [-0.05, 0) is 40.8 Å². The van der Waals surface area contributed by atoms with Crippen LogP contribution in [0.4, 0.5) is 0 Å². The van der Waals surface area contributed by atoms with Gasteiger partial charge in [0.05, 0.1) is 5.56 Å². The Hall–Kier alpha value is -0.330. The SMILES string of the molecule is O=C(c1cc(Cl)ccc1I)N1CCNCC1. The number of piperazine rings is 1. The molecule has 1 aliphatic rings. The van der Waals surface area contributed by atoms with Crippen molar-refractivity contribution in [1.29, 1.82) is 0 Å². The van der Waals surface area contributed by atoms with E-state index in [1.807, 2.05) is 11.0 Å². The van der Waals surface area contributed by atoms with Crippen LogP contribution in [-0.2, 0) is 0 Å². The Labute approximate surface area is 113 Å². The predicted octanol–water partition coefficient (Wildman–Crippen LogP) is 1.99. The highest BCUT2D eigenvalue weighted by atomic mass is 127. The Kier molecular flexibility index (Phi) is 4.05. The molecule has 1 aromatic rings. The maximum absolute atomic E-state index is 12.2. The van der Waals surface area contributed by atoms with E-state index in [2.05, 4.69) is 27.9 Å². The number of carbonyl (C=O) groups excluding carboxylic acids is 1. The van der Waals surface area contributed by atoms with E-state index in [-0.39, 0.29) is 5.91 Å². The summed E-state index contributed by atoms with van der Waals surface area (Å²) in [5.74, 6) is 0.0772. The molecule has 1 aliphatic heterocycles. The van der Waals surface area contributed by atoms with Crippen molar-refractivity contribution in [2.45, 2.75) is 0 Å². The summed E-state index contributed by atoms with van der Waals surface area (Å²) in [6.07, 6.45) is 0. The van der Waals surface area contributed by atoms with Crippen molar-refractivity contribution >= 4 is 40.1 Å². The van der Waals surface area contributed by atoms with Crippen LogP contribution in [0.3, 0.4) is 0 Å². The predicted molar refractivity (Wildman–Crippen MR) is 72.9 cm³/mol. The summed E-state index contributed by atoms with van der Waals surface area (Å²) in [6.45, 7) is 3.26. The van der Waals surface area contributed by atoms with Crippen molar-refractivity contribution in [1.82, 2.24) is 10.2 Å². The number of hydrogen-bond donors (Lipinski definition) is 1. The van der Waals surface area contributed by atoms with Gasteiger partial charge in [-0.25, -0.2) is 0 Å². The van der Waals surface area contributed by atoms with Gasteiger partial charge >= 0.3 is 0 Å². The first-order valence-corrected chi connectivity index (χ1v) is 6.59. The number of amides is 1. The van der Waals surface area contributed by atoms with Crippen molar-refractivity contribution in [2.75, 3.05) is 26.2 Å². The first-order chi connectivity index (χ1) is 7.68. The third-order valence-corrected chi connectivity index (χ3v) is 3.74. The lowest BCUT2D eigenvalue weighted by atomic mass is 10.2. The first kappa shape index (κ1) is 12.1. The normalized spacial score (nSPS) is 16.2. The summed E-state index contributed by atoms with van der Waals surface area (Å²) in [7, 11) is 0. The smallest absolute Gasteiger partial charge is 0.255 e. The second kappa shape index (κ2) is 5.33. The quantitative estimate of drug-likeness (QED) is 0.786. The van der Waals surface area contributed by atoms with Crippen molar-refractivity contribution in [3.8, 4) is 0 Å². The second-order valence-electron chi connectivity index (χ2n) is 3.67. The van der Waals surface area contributed by atoms with Crippen LogP contribution in [0.15, 0.2) is 18.2 Å². The topological polar surface area (TPSA) is 32.3 Å². The molecule has 0 atom stereocenters. The minimum absolute atomic E-state index is 0.0772. The van der Waals surface area contributed by atoms with Gasteiger partial charge in [0.2, 0.25) is 0 Å². The molecule has 0 aromatic heterocycles.